The van der Waals surface area contributed by atoms with Crippen molar-refractivity contribution in [1.82, 2.24) is 0 Å². The normalized spacial score (nSPS) is 8.73. The van der Waals surface area contributed by atoms with Crippen LogP contribution in [0.25, 0.3) is 0 Å². The Hall–Kier alpha value is 0.137. The third kappa shape index (κ3) is 147. The Kier molecular flexibility index (Phi) is 12.9. The van der Waals surface area contributed by atoms with Crippen LogP contribution in [0.2, 0.25) is 0 Å². The van der Waals surface area contributed by atoms with Gasteiger partial charge < -0.3 is 26.3 Å². The summed E-state index contributed by atoms with van der Waals surface area (Å²) in [5, 5.41) is 15.0. The van der Waals surface area contributed by atoms with E-state index in [9.17, 15) is 0 Å². The van der Waals surface area contributed by atoms with Crippen molar-refractivity contribution in [3.63, 3.8) is 0 Å². The van der Waals surface area contributed by atoms with Crippen molar-refractivity contribution >= 4 is 13.8 Å². The zero-order valence-corrected chi connectivity index (χ0v) is 6.60. The van der Waals surface area contributed by atoms with Crippen LogP contribution >= 0.6 is 7.82 Å². The molecule has 64 valence electrons. The Morgan fingerprint density at radius 3 is 1.45 bits per heavy atom. The number of aliphatic hydroxyl groups is 1. The number of hydrogen-bond donors (Lipinski definition) is 5. The Balaban J connectivity index is -0.0000000457. The van der Waals surface area contributed by atoms with E-state index < -0.39 is 20.4 Å². The molecule has 0 fully saturated rings. The van der Waals surface area contributed by atoms with Crippen molar-refractivity contribution in [1.29, 1.82) is 0 Å². The Morgan fingerprint density at radius 2 is 1.45 bits per heavy atom. The number of aliphatic hydroxyl groups excluding tert-OH is 1. The molecule has 0 aliphatic heterocycles. The third-order valence-electron chi connectivity index (χ3n) is 0.135. The number of aliphatic carboxylic acids is 1. The molecule has 0 radical (unpaired) electrons. The molecule has 0 unspecified atom stereocenters. The molecule has 0 aromatic heterocycles. The predicted octanol–water partition coefficient (Wildman–Crippen LogP) is -4.75. The quantitative estimate of drug-likeness (QED) is 0.203. The zero-order valence-electron chi connectivity index (χ0n) is 6.71. The van der Waals surface area contributed by atoms with E-state index in [-0.39, 0.29) is 20.3 Å². The molecule has 5 N–H and O–H groups in total. The van der Waals surface area contributed by atoms with Gasteiger partial charge in [0.15, 0.2) is 0 Å². The Bertz CT molecular complexity index is 136. The van der Waals surface area contributed by atoms with Crippen molar-refractivity contribution in [2.24, 2.45) is 0 Å². The number of phosphoric acid groups is 1. The molecule has 0 amide bonds. The molecule has 0 aromatic carbocycles. The van der Waals surface area contributed by atoms with E-state index >= 15 is 0 Å². The zero-order chi connectivity index (χ0) is 8.78. The largest absolute Gasteiger partial charge is 1.00 e. The minimum Gasteiger partial charge on any atom is -1.00 e. The summed E-state index contributed by atoms with van der Waals surface area (Å²) in [4.78, 5) is 30.7. The van der Waals surface area contributed by atoms with E-state index in [1.807, 2.05) is 0 Å². The van der Waals surface area contributed by atoms with E-state index in [2.05, 4.69) is 0 Å². The molecule has 0 heterocycles. The molecule has 0 spiro atoms. The second kappa shape index (κ2) is 8.24. The second-order valence-electron chi connectivity index (χ2n) is 1.07. The van der Waals surface area contributed by atoms with Gasteiger partial charge >= 0.3 is 32.7 Å². The molecule has 0 saturated heterocycles. The van der Waals surface area contributed by atoms with Crippen LogP contribution in [0.4, 0.5) is 0 Å². The number of carboxylic acid groups (broad SMARTS) is 1. The van der Waals surface area contributed by atoms with Crippen LogP contribution < -0.4 is 18.9 Å². The third-order valence-corrected chi connectivity index (χ3v) is 0.135. The molecular formula is C2H8LiO7P. The van der Waals surface area contributed by atoms with Crippen molar-refractivity contribution in [2.75, 3.05) is 6.61 Å². The molecule has 0 aliphatic rings. The molecule has 0 aliphatic carbocycles. The van der Waals surface area contributed by atoms with Crippen LogP contribution in [0.3, 0.4) is 0 Å². The summed E-state index contributed by atoms with van der Waals surface area (Å²) in [6.07, 6.45) is 0. The summed E-state index contributed by atoms with van der Waals surface area (Å²) in [5.41, 5.74) is 0. The molecule has 11 heavy (non-hydrogen) atoms. The van der Waals surface area contributed by atoms with Gasteiger partial charge in [-0.1, -0.05) is 0 Å². The van der Waals surface area contributed by atoms with Crippen molar-refractivity contribution in [3.05, 3.63) is 0 Å². The molecule has 7 nitrogen and oxygen atoms in total. The molecular weight excluding hydrogens is 174 g/mol. The topological polar surface area (TPSA) is 135 Å². The molecule has 0 rings (SSSR count). The van der Waals surface area contributed by atoms with Crippen LogP contribution in [0.1, 0.15) is 1.43 Å². The second-order valence-corrected chi connectivity index (χ2v) is 2.09. The fourth-order valence-corrected chi connectivity index (χ4v) is 0. The smallest absolute Gasteiger partial charge is 1.00 e. The monoisotopic (exact) mass is 182 g/mol. The summed E-state index contributed by atoms with van der Waals surface area (Å²) in [6, 6.07) is 0. The number of carboxylic acids is 1. The standard InChI is InChI=1S/C2H4O3.Li.H3O4P.H/c3-1-2(4)5;;1-5(2,3)4;/h3H,1H2,(H,4,5);;(H3,1,2,3,4);/q;+1;;-1. The van der Waals surface area contributed by atoms with Crippen LogP contribution in [0.15, 0.2) is 0 Å². The first-order chi connectivity index (χ1) is 4.27. The maximum absolute atomic E-state index is 9.12. The summed E-state index contributed by atoms with van der Waals surface area (Å²) >= 11 is 0. The van der Waals surface area contributed by atoms with Gasteiger partial charge in [0, 0.05) is 0 Å². The molecule has 0 bridgehead atoms. The van der Waals surface area contributed by atoms with Gasteiger partial charge in [0.1, 0.15) is 6.61 Å². The number of hydrogen-bond acceptors (Lipinski definition) is 3. The van der Waals surface area contributed by atoms with Gasteiger partial charge in [0.05, 0.1) is 0 Å². The van der Waals surface area contributed by atoms with E-state index in [0.29, 0.717) is 0 Å². The van der Waals surface area contributed by atoms with Gasteiger partial charge in [-0.2, -0.15) is 0 Å². The molecule has 0 saturated carbocycles. The average molecular weight is 182 g/mol. The fraction of sp³-hybridized carbons (Fsp3) is 0.500. The van der Waals surface area contributed by atoms with Gasteiger partial charge in [-0.15, -0.1) is 0 Å². The minimum atomic E-state index is -4.64. The van der Waals surface area contributed by atoms with E-state index in [1.54, 1.807) is 0 Å². The summed E-state index contributed by atoms with van der Waals surface area (Å²) in [7, 11) is -4.64. The summed E-state index contributed by atoms with van der Waals surface area (Å²) in [5.74, 6) is -1.19. The molecule has 9 heteroatoms. The van der Waals surface area contributed by atoms with Crippen LogP contribution in [-0.2, 0) is 9.36 Å². The van der Waals surface area contributed by atoms with Gasteiger partial charge in [0.25, 0.3) is 0 Å². The number of carbonyl (C=O) groups is 1. The van der Waals surface area contributed by atoms with Gasteiger partial charge in [-0.25, -0.2) is 9.36 Å². The number of rotatable bonds is 1. The van der Waals surface area contributed by atoms with Gasteiger partial charge in [-0.05, 0) is 0 Å². The van der Waals surface area contributed by atoms with Gasteiger partial charge in [-0.3, -0.25) is 0 Å². The maximum Gasteiger partial charge on any atom is 1.00 e. The first-order valence-electron chi connectivity index (χ1n) is 1.88. The van der Waals surface area contributed by atoms with Crippen LogP contribution in [-0.4, -0.2) is 37.5 Å². The van der Waals surface area contributed by atoms with Crippen LogP contribution in [0, 0.1) is 0 Å². The molecule has 0 atom stereocenters. The van der Waals surface area contributed by atoms with E-state index in [1.165, 1.54) is 0 Å². The summed E-state index contributed by atoms with van der Waals surface area (Å²) in [6.45, 7) is -0.778. The molecule has 0 aromatic rings. The maximum atomic E-state index is 9.12. The van der Waals surface area contributed by atoms with E-state index in [0.717, 1.165) is 0 Å². The average Bonchev–Trinajstić information content (AvgIpc) is 1.61. The Labute approximate surface area is 75.6 Å². The van der Waals surface area contributed by atoms with Crippen molar-refractivity contribution < 1.29 is 54.5 Å². The predicted molar refractivity (Wildman–Crippen MR) is 30.1 cm³/mol. The van der Waals surface area contributed by atoms with Crippen molar-refractivity contribution in [3.8, 4) is 0 Å². The van der Waals surface area contributed by atoms with Gasteiger partial charge in [0.2, 0.25) is 0 Å². The van der Waals surface area contributed by atoms with E-state index in [4.69, 9.17) is 34.3 Å². The SMILES string of the molecule is O=C(O)CO.O=P(O)(O)O.[H-].[Li+]. The van der Waals surface area contributed by atoms with Crippen LogP contribution in [0.5, 0.6) is 0 Å². The minimum absolute atomic E-state index is 0. The first-order valence-corrected chi connectivity index (χ1v) is 3.45. The summed E-state index contributed by atoms with van der Waals surface area (Å²) < 4.78 is 8.88. The first kappa shape index (κ1) is 17.3. The van der Waals surface area contributed by atoms with Crippen molar-refractivity contribution in [2.45, 2.75) is 0 Å². The Morgan fingerprint density at radius 1 is 1.36 bits per heavy atom. The fourth-order valence-electron chi connectivity index (χ4n) is 0.